The molecule has 0 heterocycles. The van der Waals surface area contributed by atoms with Crippen LogP contribution >= 0.6 is 0 Å². The van der Waals surface area contributed by atoms with E-state index in [2.05, 4.69) is 50.3 Å². The van der Waals surface area contributed by atoms with E-state index in [1.807, 2.05) is 0 Å². The summed E-state index contributed by atoms with van der Waals surface area (Å²) in [6.07, 6.45) is 13.0. The molecule has 0 unspecified atom stereocenters. The fourth-order valence-corrected chi connectivity index (χ4v) is 10.1. The van der Waals surface area contributed by atoms with Crippen molar-refractivity contribution in [3.63, 3.8) is 0 Å². The van der Waals surface area contributed by atoms with E-state index in [1.54, 1.807) is 0 Å². The first kappa shape index (κ1) is 26.9. The minimum absolute atomic E-state index is 0.195. The summed E-state index contributed by atoms with van der Waals surface area (Å²) < 4.78 is 17.1. The molecule has 0 aliphatic rings. The first-order valence-electron chi connectivity index (χ1n) is 11.2. The number of hydrogen-bond donors (Lipinski definition) is 0. The second-order valence-electron chi connectivity index (χ2n) is 7.27. The first-order chi connectivity index (χ1) is 13.6. The van der Waals surface area contributed by atoms with Crippen molar-refractivity contribution in [1.82, 2.24) is 0 Å². The third kappa shape index (κ3) is 16.0. The van der Waals surface area contributed by atoms with Gasteiger partial charge in [-0.25, -0.2) is 0 Å². The van der Waals surface area contributed by atoms with Crippen LogP contribution in [0.25, 0.3) is 0 Å². The van der Waals surface area contributed by atoms with Crippen molar-refractivity contribution in [1.29, 1.82) is 0 Å². The first-order valence-corrected chi connectivity index (χ1v) is 17.5. The molecule has 0 aromatic carbocycles. The van der Waals surface area contributed by atoms with Crippen molar-refractivity contribution in [3.05, 3.63) is 0 Å². The van der Waals surface area contributed by atoms with E-state index in [1.165, 1.54) is 26.2 Å². The number of unbranched alkanes of at least 4 members (excludes halogenated alkanes) is 8. The van der Waals surface area contributed by atoms with Crippen LogP contribution in [0.2, 0.25) is 4.44 Å². The Morgan fingerprint density at radius 3 is 1.57 bits per heavy atom. The summed E-state index contributed by atoms with van der Waals surface area (Å²) in [5, 5.41) is 0. The van der Waals surface area contributed by atoms with Crippen LogP contribution in [0.3, 0.4) is 0 Å². The van der Waals surface area contributed by atoms with Crippen molar-refractivity contribution in [2.24, 2.45) is 0 Å². The Kier molecular flexibility index (Phi) is 18.5. The van der Waals surface area contributed by atoms with Crippen LogP contribution in [0.15, 0.2) is 0 Å². The summed E-state index contributed by atoms with van der Waals surface area (Å²) in [6.45, 7) is 8.60. The van der Waals surface area contributed by atoms with Crippen molar-refractivity contribution in [2.75, 3.05) is 6.61 Å². The average Bonchev–Trinajstić information content (AvgIpc) is 2.68. The van der Waals surface area contributed by atoms with E-state index < -0.39 is 18.4 Å². The molecule has 0 bridgehead atoms. The number of rotatable bonds is 12. The van der Waals surface area contributed by atoms with Crippen LogP contribution in [0.4, 0.5) is 0 Å². The Labute approximate surface area is 178 Å². The molecule has 0 radical (unpaired) electrons. The van der Waals surface area contributed by atoms with E-state index >= 15 is 0 Å². The second-order valence-corrected chi connectivity index (χ2v) is 16.0. The molecule has 0 aliphatic carbocycles. The van der Waals surface area contributed by atoms with E-state index in [-0.39, 0.29) is 5.97 Å². The zero-order chi connectivity index (χ0) is 20.9. The Morgan fingerprint density at radius 1 is 0.714 bits per heavy atom. The molecule has 0 rings (SSSR count). The number of esters is 1. The van der Waals surface area contributed by atoms with E-state index in [0.29, 0.717) is 6.61 Å². The molecule has 2 nitrogen and oxygen atoms in total. The molecule has 0 spiro atoms. The summed E-state index contributed by atoms with van der Waals surface area (Å²) in [5.41, 5.74) is 0. The van der Waals surface area contributed by atoms with Crippen LogP contribution in [-0.2, 0) is 9.53 Å². The van der Waals surface area contributed by atoms with Crippen LogP contribution < -0.4 is 0 Å². The quantitative estimate of drug-likeness (QED) is 0.137. The van der Waals surface area contributed by atoms with Crippen LogP contribution in [0.5, 0.6) is 0 Å². The van der Waals surface area contributed by atoms with Gasteiger partial charge in [0.15, 0.2) is 0 Å². The minimum atomic E-state index is -3.10. The predicted octanol–water partition coefficient (Wildman–Crippen LogP) is 6.37. The third-order valence-electron chi connectivity index (χ3n) is 4.37. The van der Waals surface area contributed by atoms with Crippen molar-refractivity contribution >= 4 is 24.3 Å². The van der Waals surface area contributed by atoms with Gasteiger partial charge in [-0.3, -0.25) is 0 Å². The normalized spacial score (nSPS) is 10.0. The third-order valence-corrected chi connectivity index (χ3v) is 12.7. The van der Waals surface area contributed by atoms with Crippen molar-refractivity contribution in [2.45, 2.75) is 109 Å². The number of carbonyl (C=O) groups excluding carboxylic acids is 1. The SMILES string of the molecule is CCCCC#[C][Sn]([C]#CCCCC)([C]#CCCCC)[CH2]CCCCOC(C)=O. The zero-order valence-electron chi connectivity index (χ0n) is 18.7. The molecule has 28 heavy (non-hydrogen) atoms. The number of ether oxygens (including phenoxy) is 1. The maximum absolute atomic E-state index is 10.9. The summed E-state index contributed by atoms with van der Waals surface area (Å²) in [5.74, 6) is 10.1. The van der Waals surface area contributed by atoms with Crippen molar-refractivity contribution < 1.29 is 9.53 Å². The van der Waals surface area contributed by atoms with Gasteiger partial charge in [0.1, 0.15) is 0 Å². The van der Waals surface area contributed by atoms with Crippen LogP contribution in [0, 0.1) is 29.6 Å². The molecule has 0 aromatic rings. The molecule has 0 aliphatic heterocycles. The van der Waals surface area contributed by atoms with Gasteiger partial charge in [0.05, 0.1) is 0 Å². The molecular weight excluding hydrogens is 451 g/mol. The zero-order valence-corrected chi connectivity index (χ0v) is 21.6. The molecule has 0 N–H and O–H groups in total. The topological polar surface area (TPSA) is 26.3 Å². The van der Waals surface area contributed by atoms with Gasteiger partial charge >= 0.3 is 179 Å². The molecule has 156 valence electrons. The molecule has 0 saturated carbocycles. The maximum atomic E-state index is 10.9. The summed E-state index contributed by atoms with van der Waals surface area (Å²) >= 11 is -3.10. The second kappa shape index (κ2) is 19.3. The van der Waals surface area contributed by atoms with Crippen LogP contribution in [-0.4, -0.2) is 31.0 Å². The van der Waals surface area contributed by atoms with Gasteiger partial charge in [-0.15, -0.1) is 0 Å². The number of hydrogen-bond acceptors (Lipinski definition) is 2. The van der Waals surface area contributed by atoms with Gasteiger partial charge < -0.3 is 0 Å². The Balaban J connectivity index is 5.16. The van der Waals surface area contributed by atoms with Gasteiger partial charge in [0.25, 0.3) is 0 Å². The molecule has 0 amide bonds. The van der Waals surface area contributed by atoms with Gasteiger partial charge in [0, 0.05) is 0 Å². The number of carbonyl (C=O) groups is 1. The van der Waals surface area contributed by atoms with Gasteiger partial charge in [-0.05, 0) is 0 Å². The average molecular weight is 491 g/mol. The van der Waals surface area contributed by atoms with E-state index in [9.17, 15) is 4.79 Å². The standard InChI is InChI=1S/C7H13O2.3C6H9.Sn/c1-3-4-5-6-9-7(2)8;3*1-3-5-6-4-2;/h1,3-6H2,2H3;3*3,5-6H2,1H3;. The predicted molar refractivity (Wildman–Crippen MR) is 123 cm³/mol. The molecule has 0 fully saturated rings. The summed E-state index contributed by atoms with van der Waals surface area (Å²) in [7, 11) is 0. The fraction of sp³-hybridized carbons (Fsp3) is 0.720. The molecular formula is C25H40O2Sn. The van der Waals surface area contributed by atoms with E-state index in [0.717, 1.165) is 62.2 Å². The Hall–Kier alpha value is -1.05. The van der Waals surface area contributed by atoms with E-state index in [4.69, 9.17) is 4.74 Å². The van der Waals surface area contributed by atoms with Gasteiger partial charge in [-0.1, -0.05) is 0 Å². The molecule has 3 heteroatoms. The Bertz CT molecular complexity index is 525. The van der Waals surface area contributed by atoms with Crippen LogP contribution in [0.1, 0.15) is 105 Å². The molecule has 0 atom stereocenters. The molecule has 0 aromatic heterocycles. The Morgan fingerprint density at radius 2 is 1.18 bits per heavy atom. The summed E-state index contributed by atoms with van der Waals surface area (Å²) in [6, 6.07) is 0. The summed E-state index contributed by atoms with van der Waals surface area (Å²) in [4.78, 5) is 10.9. The van der Waals surface area contributed by atoms with Gasteiger partial charge in [-0.2, -0.15) is 0 Å². The van der Waals surface area contributed by atoms with Gasteiger partial charge in [0.2, 0.25) is 0 Å². The molecule has 0 saturated heterocycles. The fourth-order valence-electron chi connectivity index (χ4n) is 2.60. The van der Waals surface area contributed by atoms with Crippen molar-refractivity contribution in [3.8, 4) is 29.6 Å². The monoisotopic (exact) mass is 492 g/mol.